The van der Waals surface area contributed by atoms with Crippen molar-refractivity contribution in [1.82, 2.24) is 5.32 Å². The number of primary amides is 1. The van der Waals surface area contributed by atoms with E-state index in [0.29, 0.717) is 11.1 Å². The lowest BCUT2D eigenvalue weighted by Gasteiger charge is -2.11. The summed E-state index contributed by atoms with van der Waals surface area (Å²) >= 11 is 0. The number of hydrogen-bond donors (Lipinski definition) is 4. The van der Waals surface area contributed by atoms with E-state index in [0.717, 1.165) is 0 Å². The standard InChI is InChI=1S/C13H17N3O4/c14-10(4-5-11(17)18)13(20)16-7-8-2-1-3-9(6-8)12(15)19/h1-3,6,10H,4-5,7,14H2,(H2,15,19)(H,16,20)(H,17,18). The summed E-state index contributed by atoms with van der Waals surface area (Å²) < 4.78 is 0. The van der Waals surface area contributed by atoms with Crippen molar-refractivity contribution >= 4 is 17.8 Å². The van der Waals surface area contributed by atoms with E-state index in [-0.39, 0.29) is 19.4 Å². The van der Waals surface area contributed by atoms with Crippen molar-refractivity contribution in [1.29, 1.82) is 0 Å². The summed E-state index contributed by atoms with van der Waals surface area (Å²) in [4.78, 5) is 33.0. The van der Waals surface area contributed by atoms with Gasteiger partial charge in [0.25, 0.3) is 0 Å². The van der Waals surface area contributed by atoms with Crippen LogP contribution in [0.3, 0.4) is 0 Å². The topological polar surface area (TPSA) is 136 Å². The van der Waals surface area contributed by atoms with Gasteiger partial charge in [0.2, 0.25) is 11.8 Å². The zero-order valence-corrected chi connectivity index (χ0v) is 10.8. The second-order valence-corrected chi connectivity index (χ2v) is 4.32. The summed E-state index contributed by atoms with van der Waals surface area (Å²) in [5, 5.41) is 11.1. The van der Waals surface area contributed by atoms with Gasteiger partial charge in [0.1, 0.15) is 0 Å². The zero-order chi connectivity index (χ0) is 15.1. The first kappa shape index (κ1) is 15.6. The molecule has 1 rings (SSSR count). The average Bonchev–Trinajstić information content (AvgIpc) is 2.42. The minimum absolute atomic E-state index is 0.0719. The molecule has 2 amide bonds. The maximum atomic E-state index is 11.6. The predicted octanol–water partition coefficient (Wildman–Crippen LogP) is -0.406. The van der Waals surface area contributed by atoms with Crippen LogP contribution < -0.4 is 16.8 Å². The van der Waals surface area contributed by atoms with Crippen LogP contribution >= 0.6 is 0 Å². The largest absolute Gasteiger partial charge is 0.481 e. The van der Waals surface area contributed by atoms with E-state index in [4.69, 9.17) is 16.6 Å². The summed E-state index contributed by atoms with van der Waals surface area (Å²) in [5.74, 6) is -1.98. The molecule has 0 spiro atoms. The Bertz CT molecular complexity index is 516. The predicted molar refractivity (Wildman–Crippen MR) is 71.7 cm³/mol. The van der Waals surface area contributed by atoms with Gasteiger partial charge in [-0.25, -0.2) is 0 Å². The van der Waals surface area contributed by atoms with Crippen molar-refractivity contribution in [3.63, 3.8) is 0 Å². The first-order chi connectivity index (χ1) is 9.40. The minimum atomic E-state index is -0.998. The van der Waals surface area contributed by atoms with Gasteiger partial charge in [-0.15, -0.1) is 0 Å². The van der Waals surface area contributed by atoms with Crippen LogP contribution in [-0.2, 0) is 16.1 Å². The van der Waals surface area contributed by atoms with Crippen LogP contribution in [0.2, 0.25) is 0 Å². The molecule has 0 saturated carbocycles. The fraction of sp³-hybridized carbons (Fsp3) is 0.308. The number of nitrogens with two attached hydrogens (primary N) is 2. The Morgan fingerprint density at radius 3 is 2.60 bits per heavy atom. The molecule has 0 fully saturated rings. The molecule has 0 aliphatic rings. The van der Waals surface area contributed by atoms with Crippen LogP contribution in [0.25, 0.3) is 0 Å². The summed E-state index contributed by atoms with van der Waals surface area (Å²) in [6.07, 6.45) is -0.0890. The van der Waals surface area contributed by atoms with Crippen molar-refractivity contribution in [3.8, 4) is 0 Å². The molecule has 0 radical (unpaired) electrons. The van der Waals surface area contributed by atoms with Gasteiger partial charge in [0, 0.05) is 18.5 Å². The highest BCUT2D eigenvalue weighted by molar-refractivity contribution is 5.92. The van der Waals surface area contributed by atoms with Crippen molar-refractivity contribution < 1.29 is 19.5 Å². The SMILES string of the molecule is NC(=O)c1cccc(CNC(=O)C(N)CCC(=O)O)c1. The molecule has 0 aliphatic heterocycles. The van der Waals surface area contributed by atoms with Crippen LogP contribution in [0, 0.1) is 0 Å². The highest BCUT2D eigenvalue weighted by Gasteiger charge is 2.14. The highest BCUT2D eigenvalue weighted by Crippen LogP contribution is 2.04. The molecule has 1 aromatic rings. The third-order valence-electron chi connectivity index (χ3n) is 2.68. The Labute approximate surface area is 115 Å². The van der Waals surface area contributed by atoms with Crippen LogP contribution in [0.15, 0.2) is 24.3 Å². The first-order valence-corrected chi connectivity index (χ1v) is 6.04. The van der Waals surface area contributed by atoms with E-state index in [9.17, 15) is 14.4 Å². The molecule has 1 unspecified atom stereocenters. The van der Waals surface area contributed by atoms with E-state index in [2.05, 4.69) is 5.32 Å². The van der Waals surface area contributed by atoms with Gasteiger partial charge in [-0.3, -0.25) is 14.4 Å². The maximum absolute atomic E-state index is 11.6. The second kappa shape index (κ2) is 7.25. The lowest BCUT2D eigenvalue weighted by molar-refractivity contribution is -0.137. The minimum Gasteiger partial charge on any atom is -0.481 e. The van der Waals surface area contributed by atoms with Crippen LogP contribution in [-0.4, -0.2) is 28.9 Å². The molecule has 7 heteroatoms. The summed E-state index contributed by atoms with van der Waals surface area (Å²) in [6, 6.07) is 5.67. The summed E-state index contributed by atoms with van der Waals surface area (Å²) in [7, 11) is 0. The Morgan fingerprint density at radius 1 is 1.30 bits per heavy atom. The maximum Gasteiger partial charge on any atom is 0.303 e. The summed E-state index contributed by atoms with van der Waals surface area (Å²) in [5.41, 5.74) is 11.8. The molecule has 1 atom stereocenters. The van der Waals surface area contributed by atoms with Gasteiger partial charge >= 0.3 is 5.97 Å². The van der Waals surface area contributed by atoms with Gasteiger partial charge in [-0.1, -0.05) is 12.1 Å². The summed E-state index contributed by atoms with van der Waals surface area (Å²) in [6.45, 7) is 0.195. The fourth-order valence-electron chi connectivity index (χ4n) is 1.56. The van der Waals surface area contributed by atoms with Gasteiger partial charge in [0.05, 0.1) is 6.04 Å². The lowest BCUT2D eigenvalue weighted by Crippen LogP contribution is -2.40. The molecule has 0 aliphatic carbocycles. The Hall–Kier alpha value is -2.41. The number of rotatable bonds is 7. The molecule has 108 valence electrons. The normalized spacial score (nSPS) is 11.7. The van der Waals surface area contributed by atoms with E-state index < -0.39 is 23.8 Å². The molecule has 0 bridgehead atoms. The first-order valence-electron chi connectivity index (χ1n) is 6.04. The smallest absolute Gasteiger partial charge is 0.303 e. The number of benzene rings is 1. The number of amides is 2. The van der Waals surface area contributed by atoms with E-state index in [1.165, 1.54) is 0 Å². The number of carbonyl (C=O) groups excluding carboxylic acids is 2. The zero-order valence-electron chi connectivity index (χ0n) is 10.8. The van der Waals surface area contributed by atoms with Crippen LogP contribution in [0.5, 0.6) is 0 Å². The van der Waals surface area contributed by atoms with E-state index in [1.54, 1.807) is 24.3 Å². The third kappa shape index (κ3) is 5.07. The van der Waals surface area contributed by atoms with E-state index >= 15 is 0 Å². The van der Waals surface area contributed by atoms with Gasteiger partial charge in [-0.2, -0.15) is 0 Å². The number of carboxylic acid groups (broad SMARTS) is 1. The molecule has 20 heavy (non-hydrogen) atoms. The quantitative estimate of drug-likeness (QED) is 0.538. The molecular formula is C13H17N3O4. The third-order valence-corrected chi connectivity index (χ3v) is 2.68. The Balaban J connectivity index is 2.50. The number of hydrogen-bond acceptors (Lipinski definition) is 4. The molecular weight excluding hydrogens is 262 g/mol. The van der Waals surface area contributed by atoms with Crippen molar-refractivity contribution in [2.24, 2.45) is 11.5 Å². The van der Waals surface area contributed by atoms with E-state index in [1.807, 2.05) is 0 Å². The number of nitrogens with one attached hydrogen (secondary N) is 1. The van der Waals surface area contributed by atoms with Crippen LogP contribution in [0.4, 0.5) is 0 Å². The Morgan fingerprint density at radius 2 is 2.00 bits per heavy atom. The average molecular weight is 279 g/mol. The van der Waals surface area contributed by atoms with Gasteiger partial charge in [-0.05, 0) is 24.1 Å². The molecule has 0 saturated heterocycles. The molecule has 1 aromatic carbocycles. The number of carbonyl (C=O) groups is 3. The van der Waals surface area contributed by atoms with Gasteiger partial charge < -0.3 is 21.9 Å². The van der Waals surface area contributed by atoms with Crippen molar-refractivity contribution in [2.75, 3.05) is 0 Å². The number of aliphatic carboxylic acids is 1. The van der Waals surface area contributed by atoms with Gasteiger partial charge in [0.15, 0.2) is 0 Å². The molecule has 0 heterocycles. The molecule has 0 aromatic heterocycles. The van der Waals surface area contributed by atoms with Crippen LogP contribution in [0.1, 0.15) is 28.8 Å². The number of carboxylic acids is 1. The second-order valence-electron chi connectivity index (χ2n) is 4.32. The molecule has 6 N–H and O–H groups in total. The lowest BCUT2D eigenvalue weighted by atomic mass is 10.1. The highest BCUT2D eigenvalue weighted by atomic mass is 16.4. The fourth-order valence-corrected chi connectivity index (χ4v) is 1.56. The Kier molecular flexibility index (Phi) is 5.67. The molecule has 7 nitrogen and oxygen atoms in total. The van der Waals surface area contributed by atoms with Crippen molar-refractivity contribution in [3.05, 3.63) is 35.4 Å². The van der Waals surface area contributed by atoms with Crippen molar-refractivity contribution in [2.45, 2.75) is 25.4 Å². The monoisotopic (exact) mass is 279 g/mol.